The van der Waals surface area contributed by atoms with Gasteiger partial charge >= 0.3 is 17.9 Å². The lowest BCUT2D eigenvalue weighted by atomic mass is 9.68. The van der Waals surface area contributed by atoms with Gasteiger partial charge in [0, 0.05) is 86.0 Å². The summed E-state index contributed by atoms with van der Waals surface area (Å²) in [6.07, 6.45) is 43.3. The molecular weight excluding hydrogens is 1570 g/mol. The van der Waals surface area contributed by atoms with Crippen molar-refractivity contribution in [2.75, 3.05) is 26.9 Å². The molecule has 123 heavy (non-hydrogen) atoms. The van der Waals surface area contributed by atoms with Gasteiger partial charge < -0.3 is 59.7 Å². The van der Waals surface area contributed by atoms with E-state index >= 15 is 0 Å². The number of ether oxygens (including phenoxy) is 1. The summed E-state index contributed by atoms with van der Waals surface area (Å²) in [6, 6.07) is 27.2. The molecule has 6 aliphatic carbocycles. The Bertz CT molecular complexity index is 5060. The first kappa shape index (κ1) is 87.2. The molecule has 6 aliphatic heterocycles. The van der Waals surface area contributed by atoms with Crippen molar-refractivity contribution in [3.8, 4) is 0 Å². The Balaban J connectivity index is 0.000000137. The van der Waals surface area contributed by atoms with Crippen LogP contribution in [0.2, 0.25) is 0 Å². The number of aromatic nitrogens is 6. The summed E-state index contributed by atoms with van der Waals surface area (Å²) in [4.78, 5) is 139. The lowest BCUT2D eigenvalue weighted by Gasteiger charge is -2.55. The second-order valence-corrected chi connectivity index (χ2v) is 38.5. The van der Waals surface area contributed by atoms with Crippen molar-refractivity contribution in [1.82, 2.24) is 43.4 Å². The van der Waals surface area contributed by atoms with Crippen LogP contribution in [0.1, 0.15) is 287 Å². The van der Waals surface area contributed by atoms with E-state index in [2.05, 4.69) is 40.1 Å². The zero-order valence-corrected chi connectivity index (χ0v) is 71.9. The average molecular weight is 1690 g/mol. The minimum absolute atomic E-state index is 0.0503. The van der Waals surface area contributed by atoms with Crippen LogP contribution in [-0.2, 0) is 43.2 Å². The normalized spacial score (nSPS) is 30.6. The topological polar surface area (TPSA) is 386 Å². The number of benzene rings is 3. The largest absolute Gasteiger partial charge is 0.481 e. The quantitative estimate of drug-likeness (QED) is 0.0213. The number of rotatable bonds is 24. The minimum Gasteiger partial charge on any atom is -0.481 e. The molecular formula is C94H126N14O15. The van der Waals surface area contributed by atoms with Crippen LogP contribution in [0, 0.1) is 35.5 Å². The first-order valence-corrected chi connectivity index (χ1v) is 46.3. The number of aliphatic carboxylic acids is 3. The Morgan fingerprint density at radius 1 is 0.390 bits per heavy atom. The highest BCUT2D eigenvalue weighted by Gasteiger charge is 2.50. The summed E-state index contributed by atoms with van der Waals surface area (Å²) in [5.41, 5.74) is 11.5. The second-order valence-electron chi connectivity index (χ2n) is 38.5. The number of hydrogen-bond acceptors (Lipinski definition) is 21. The molecule has 0 spiro atoms. The van der Waals surface area contributed by atoms with Gasteiger partial charge in [-0.25, -0.2) is 24.5 Å². The Morgan fingerprint density at radius 2 is 0.724 bits per heavy atom. The van der Waals surface area contributed by atoms with Gasteiger partial charge in [-0.1, -0.05) is 142 Å². The van der Waals surface area contributed by atoms with E-state index in [1.807, 2.05) is 65.2 Å². The molecule has 2 amide bonds. The van der Waals surface area contributed by atoms with Crippen molar-refractivity contribution in [2.24, 2.45) is 62.4 Å². The fraction of sp³-hybridized carbons (Fsp3) is 0.660. The van der Waals surface area contributed by atoms with E-state index in [0.29, 0.717) is 83.1 Å². The van der Waals surface area contributed by atoms with Crippen molar-refractivity contribution in [1.29, 1.82) is 0 Å². The Morgan fingerprint density at radius 3 is 1.07 bits per heavy atom. The van der Waals surface area contributed by atoms with Gasteiger partial charge in [0.15, 0.2) is 28.5 Å². The number of hydrogen-bond donors (Lipinski definition) is 5. The molecule has 29 heteroatoms. The number of amides is 2. The smallest absolute Gasteiger partial charge is 0.350 e. The second kappa shape index (κ2) is 38.7. The van der Waals surface area contributed by atoms with Gasteiger partial charge in [-0.3, -0.25) is 43.5 Å². The van der Waals surface area contributed by atoms with Crippen molar-refractivity contribution < 1.29 is 58.5 Å². The molecule has 29 nitrogen and oxygen atoms in total. The van der Waals surface area contributed by atoms with Crippen molar-refractivity contribution in [2.45, 2.75) is 330 Å². The molecule has 12 atom stereocenters. The zero-order valence-electron chi connectivity index (χ0n) is 71.9. The van der Waals surface area contributed by atoms with Gasteiger partial charge in [-0.15, -0.1) is 0 Å². The van der Waals surface area contributed by atoms with Gasteiger partial charge in [0.2, 0.25) is 12.2 Å². The Labute approximate surface area is 718 Å². The first-order chi connectivity index (χ1) is 59.5. The third-order valence-corrected chi connectivity index (χ3v) is 30.1. The van der Waals surface area contributed by atoms with Crippen LogP contribution in [0.4, 0.5) is 0 Å². The summed E-state index contributed by atoms with van der Waals surface area (Å²) in [6.45, 7) is 2.39. The maximum atomic E-state index is 14.3. The van der Waals surface area contributed by atoms with E-state index in [4.69, 9.17) is 40.8 Å². The van der Waals surface area contributed by atoms with E-state index in [0.717, 1.165) is 111 Å². The number of carbonyl (C=O) groups is 5. The zero-order chi connectivity index (χ0) is 85.7. The summed E-state index contributed by atoms with van der Waals surface area (Å²) in [5.74, 6) is -0.279. The van der Waals surface area contributed by atoms with Crippen LogP contribution in [0.25, 0.3) is 33.1 Å². The van der Waals surface area contributed by atoms with Crippen LogP contribution in [0.15, 0.2) is 103 Å². The number of para-hydroxylation sites is 6. The monoisotopic (exact) mass is 1690 g/mol. The Hall–Kier alpha value is -9.32. The fourth-order valence-electron chi connectivity index (χ4n) is 25.2. The van der Waals surface area contributed by atoms with Gasteiger partial charge in [0.1, 0.15) is 12.3 Å². The van der Waals surface area contributed by atoms with Crippen molar-refractivity contribution in [3.63, 3.8) is 0 Å². The standard InChI is InChI=1S/C33H46N4O5.C31H41N5O5.C30H39N5O5/c1-41-15-16-42-35-29(13-14-31(38)39)32-33(40)37(30-12-5-4-11-28(30)34-32)27-20-24-9-6-10-25(21-27)36(24)26-18-22-7-2-3-8-23(17-22)19-26;1-31(2,30(39)40)41-34-26(28(32)37)27-29(38)36(25-12-4-3-11-24(25)33-27)23-16-20-9-6-10-21(17-23)35(20)22-14-18-7-5-8-19(13-18)15-22;31-29(38)27(33-40-17-26(36)37)28-30(39)35(25-11-4-3-10-24(25)32-28)23-15-20-8-5-9-21(16-23)34(20)22-13-18-6-1-2-7-19(12-18)14-22/h4-5,11-12,22-27H,2-3,6-10,13-21H2,1H3,(H,38,39);3-4,11-12,18-23H,5-10,13-17H2,1-2H3,(H2,32,37)(H,39,40);3-4,10-11,18-23H,1-2,5-9,12-17H2,(H2,31,38)(H,36,37)/b35-29+;34-26-;33-27-. The number of oxime groups is 3. The first-order valence-electron chi connectivity index (χ1n) is 46.3. The summed E-state index contributed by atoms with van der Waals surface area (Å²) in [7, 11) is 1.57. The van der Waals surface area contributed by atoms with Crippen LogP contribution in [0.5, 0.6) is 0 Å². The summed E-state index contributed by atoms with van der Waals surface area (Å²) >= 11 is 0. The Kier molecular flexibility index (Phi) is 27.4. The highest BCUT2D eigenvalue weighted by Crippen LogP contribution is 2.52. The van der Waals surface area contributed by atoms with Gasteiger partial charge in [-0.05, 0) is 221 Å². The number of methoxy groups -OCH3 is 1. The van der Waals surface area contributed by atoms with Crippen LogP contribution in [0.3, 0.4) is 0 Å². The number of nitrogens with zero attached hydrogens (tertiary/aromatic N) is 12. The maximum absolute atomic E-state index is 14.3. The molecule has 3 aromatic carbocycles. The lowest BCUT2D eigenvalue weighted by molar-refractivity contribution is -0.161. The third kappa shape index (κ3) is 19.4. The molecule has 662 valence electrons. The number of carboxylic acid groups (broad SMARTS) is 3. The predicted molar refractivity (Wildman–Crippen MR) is 466 cm³/mol. The van der Waals surface area contributed by atoms with E-state index in [1.54, 1.807) is 28.4 Å². The molecule has 6 aromatic rings. The molecule has 12 fully saturated rings. The summed E-state index contributed by atoms with van der Waals surface area (Å²) < 4.78 is 10.6. The molecule has 0 radical (unpaired) electrons. The van der Waals surface area contributed by atoms with Crippen LogP contribution < -0.4 is 28.1 Å². The number of piperidine rings is 6. The van der Waals surface area contributed by atoms with Gasteiger partial charge in [-0.2, -0.15) is 0 Å². The SMILES string of the molecule is CC(C)(O/N=C(\C(N)=O)c1nc2ccccc2n(C2CC3CCCC(C2)N3C2CC3CCCC(C3)C2)c1=O)C(=O)O.COCCO/N=C(\CCC(=O)O)c1nc2ccccc2n(C2CC3CCCC(C2)N3C2CC3CCCCC(C3)C2)c1=O.NC(=O)/C(=N\OCC(=O)O)c1nc2ccccc2n(C2CC3CCCC(C2)N3C2CC3CCCCC(C3)C2)c1=O. The highest BCUT2D eigenvalue weighted by molar-refractivity contribution is 6.44. The lowest BCUT2D eigenvalue weighted by Crippen LogP contribution is -2.58. The average Bonchev–Trinajstić information content (AvgIpc) is 0.923. The molecule has 7 N–H and O–H groups in total. The third-order valence-electron chi connectivity index (χ3n) is 30.1. The van der Waals surface area contributed by atoms with E-state index in [1.165, 1.54) is 174 Å². The number of carbonyl (C=O) groups excluding carboxylic acids is 2. The molecule has 12 aliphatic rings. The minimum atomic E-state index is -1.72. The molecule has 12 bridgehead atoms. The number of fused-ring (bicyclic) bond motifs is 15. The molecule has 6 saturated heterocycles. The van der Waals surface area contributed by atoms with Crippen molar-refractivity contribution >= 4 is 80.0 Å². The summed E-state index contributed by atoms with van der Waals surface area (Å²) in [5, 5.41) is 39.3. The fourth-order valence-corrected chi connectivity index (χ4v) is 25.2. The maximum Gasteiger partial charge on any atom is 0.350 e. The van der Waals surface area contributed by atoms with Crippen LogP contribution >= 0.6 is 0 Å². The van der Waals surface area contributed by atoms with Crippen LogP contribution in [-0.4, -0.2) is 192 Å². The van der Waals surface area contributed by atoms with E-state index in [9.17, 15) is 48.6 Å². The van der Waals surface area contributed by atoms with Crippen molar-refractivity contribution in [3.05, 3.63) is 121 Å². The molecule has 6 saturated carbocycles. The number of primary amides is 2. The molecule has 9 heterocycles. The van der Waals surface area contributed by atoms with E-state index < -0.39 is 64.5 Å². The predicted octanol–water partition coefficient (Wildman–Crippen LogP) is 13.1. The van der Waals surface area contributed by atoms with Gasteiger partial charge in [0.25, 0.3) is 28.5 Å². The highest BCUT2D eigenvalue weighted by atomic mass is 16.7. The van der Waals surface area contributed by atoms with Gasteiger partial charge in [0.05, 0.1) is 46.1 Å². The molecule has 3 aromatic heterocycles. The number of carboxylic acids is 3. The number of nitrogens with two attached hydrogens (primary N) is 2. The molecule has 12 unspecified atom stereocenters. The van der Waals surface area contributed by atoms with E-state index in [-0.39, 0.29) is 65.9 Å². The molecule has 18 rings (SSSR count).